The molecule has 0 bridgehead atoms. The number of hydrogen-bond acceptors (Lipinski definition) is 16. The second kappa shape index (κ2) is 20.0. The summed E-state index contributed by atoms with van der Waals surface area (Å²) in [4.78, 5) is 23.9. The number of benzene rings is 2. The summed E-state index contributed by atoms with van der Waals surface area (Å²) in [5.74, 6) is 1.12. The van der Waals surface area contributed by atoms with Crippen molar-refractivity contribution in [2.24, 2.45) is 0 Å². The van der Waals surface area contributed by atoms with Crippen LogP contribution in [-0.4, -0.2) is 94.6 Å². The summed E-state index contributed by atoms with van der Waals surface area (Å²) in [6, 6.07) is 6.66. The molecule has 2 saturated heterocycles. The van der Waals surface area contributed by atoms with E-state index in [0.29, 0.717) is 56.9 Å². The zero-order chi connectivity index (χ0) is 50.9. The molecule has 7 N–H and O–H groups in total. The summed E-state index contributed by atoms with van der Waals surface area (Å²) < 4.78 is 31.9. The monoisotopic (exact) mass is 988 g/mol. The van der Waals surface area contributed by atoms with Crippen molar-refractivity contribution < 1.29 is 8.78 Å². The smallest absolute Gasteiger partial charge is 0.246 e. The van der Waals surface area contributed by atoms with Gasteiger partial charge in [0.2, 0.25) is 22.6 Å². The van der Waals surface area contributed by atoms with Gasteiger partial charge in [-0.1, -0.05) is 0 Å². The molecule has 2 aliphatic heterocycles. The van der Waals surface area contributed by atoms with Crippen molar-refractivity contribution in [3.63, 3.8) is 0 Å². The Labute approximate surface area is 416 Å². The van der Waals surface area contributed by atoms with Crippen molar-refractivity contribution in [3.05, 3.63) is 100 Å². The number of aromatic nitrogens is 12. The molecular weight excluding hydrogens is 930 g/mol. The predicted octanol–water partition coefficient (Wildman–Crippen LogP) is 9.15. The maximum absolute atomic E-state index is 15.1. The molecular formula is C48H59ClF2N20. The van der Waals surface area contributed by atoms with Crippen LogP contribution in [0.15, 0.2) is 49.3 Å². The average molecular weight is 990 g/mol. The number of tetrazole rings is 2. The Morgan fingerprint density at radius 1 is 0.662 bits per heavy atom. The number of rotatable bonds is 10. The van der Waals surface area contributed by atoms with Crippen molar-refractivity contribution in [1.29, 1.82) is 0 Å². The first-order valence-corrected chi connectivity index (χ1v) is 23.9. The van der Waals surface area contributed by atoms with Gasteiger partial charge in [-0.2, -0.15) is 0 Å². The summed E-state index contributed by atoms with van der Waals surface area (Å²) in [7, 11) is 0. The summed E-state index contributed by atoms with van der Waals surface area (Å²) in [5, 5.41) is 39.6. The van der Waals surface area contributed by atoms with Gasteiger partial charge >= 0.3 is 0 Å². The van der Waals surface area contributed by atoms with Gasteiger partial charge in [-0.05, 0) is 175 Å². The van der Waals surface area contributed by atoms with Crippen LogP contribution in [0, 0.1) is 24.8 Å². The molecule has 4 fully saturated rings. The van der Waals surface area contributed by atoms with Crippen molar-refractivity contribution in [3.8, 4) is 11.4 Å². The minimum atomic E-state index is -0.321. The molecule has 6 aromatic rings. The fourth-order valence-corrected chi connectivity index (χ4v) is 10.4. The van der Waals surface area contributed by atoms with E-state index in [0.717, 1.165) is 51.4 Å². The quantitative estimate of drug-likeness (QED) is 0.0427. The first-order valence-electron chi connectivity index (χ1n) is 23.5. The van der Waals surface area contributed by atoms with Crippen molar-refractivity contribution in [2.75, 3.05) is 21.7 Å². The zero-order valence-corrected chi connectivity index (χ0v) is 41.8. The van der Waals surface area contributed by atoms with E-state index in [1.54, 1.807) is 12.1 Å². The summed E-state index contributed by atoms with van der Waals surface area (Å²) in [6.45, 7) is 32.2. The highest BCUT2D eigenvalue weighted by Gasteiger charge is 2.39. The average Bonchev–Trinajstić information content (AvgIpc) is 4.16. The number of nitrogens with one attached hydrogen (secondary N) is 5. The predicted molar refractivity (Wildman–Crippen MR) is 267 cm³/mol. The van der Waals surface area contributed by atoms with Crippen LogP contribution in [0.25, 0.3) is 21.1 Å². The molecule has 71 heavy (non-hydrogen) atoms. The fraction of sp³-hybridized carbons (Fsp3) is 0.500. The van der Waals surface area contributed by atoms with Crippen LogP contribution in [0.1, 0.15) is 130 Å². The van der Waals surface area contributed by atoms with Gasteiger partial charge in [0.15, 0.2) is 0 Å². The Morgan fingerprint density at radius 3 is 1.56 bits per heavy atom. The normalized spacial score (nSPS) is 18.9. The molecule has 23 heteroatoms. The summed E-state index contributed by atoms with van der Waals surface area (Å²) in [6.07, 6.45) is 13.4. The van der Waals surface area contributed by atoms with Gasteiger partial charge in [0.05, 0.1) is 24.5 Å². The lowest BCUT2D eigenvalue weighted by molar-refractivity contribution is 0.170. The van der Waals surface area contributed by atoms with Crippen molar-refractivity contribution >= 4 is 51.9 Å². The lowest BCUT2D eigenvalue weighted by Gasteiger charge is -2.46. The van der Waals surface area contributed by atoms with Gasteiger partial charge < -0.3 is 32.3 Å². The minimum absolute atomic E-state index is 0.0362. The van der Waals surface area contributed by atoms with Crippen LogP contribution >= 0.6 is 11.6 Å². The number of hydrogen-bond donors (Lipinski definition) is 6. The Kier molecular flexibility index (Phi) is 14.2. The highest BCUT2D eigenvalue weighted by molar-refractivity contribution is 6.28. The largest absolute Gasteiger partial charge is 0.399 e. The van der Waals surface area contributed by atoms with E-state index in [-0.39, 0.29) is 68.9 Å². The highest BCUT2D eigenvalue weighted by Crippen LogP contribution is 2.46. The third kappa shape index (κ3) is 12.9. The molecule has 4 aromatic heterocycles. The second-order valence-electron chi connectivity index (χ2n) is 21.3. The SMILES string of the molecule is Nc1cc(F)c(C2CC2)c(-n2cnnn2)c1.[C-]#[N+]c1cnc(Cl)nc1NC1CC(C)(C)NC(C)(C)C1.[C-]#[N+]c1cnc(Nc2cc(F)c(C3CC3)c(-n3cnnn3)c2)nc1NC1CC(C)(C)NC(C)(C)C1. The van der Waals surface area contributed by atoms with Gasteiger partial charge in [0.1, 0.15) is 35.9 Å². The van der Waals surface area contributed by atoms with Gasteiger partial charge in [-0.15, -0.1) is 10.2 Å². The lowest BCUT2D eigenvalue weighted by Crippen LogP contribution is -2.60. The van der Waals surface area contributed by atoms with Crippen LogP contribution in [0.5, 0.6) is 0 Å². The molecule has 6 heterocycles. The van der Waals surface area contributed by atoms with E-state index < -0.39 is 0 Å². The minimum Gasteiger partial charge on any atom is -0.399 e. The number of nitrogen functional groups attached to an aromatic ring is 1. The van der Waals surface area contributed by atoms with E-state index in [2.05, 4.69) is 143 Å². The Hall–Kier alpha value is -7.01. The van der Waals surface area contributed by atoms with E-state index in [9.17, 15) is 4.39 Å². The van der Waals surface area contributed by atoms with Crippen molar-refractivity contribution in [2.45, 2.75) is 153 Å². The van der Waals surface area contributed by atoms with E-state index in [1.165, 1.54) is 46.5 Å². The standard InChI is InChI=1S/C24H29FN10.C14H20ClN5.C10H10FN5/c1-23(2)10-16(11-24(3,4)32-23)29-21-18(26-5)12-27-22(31-21)30-15-8-17(25)20(14-6-7-14)19(9-15)35-13-28-33-34-35;1-13(2)6-9(7-14(3,4)20-13)18-11-10(16-5)8-17-12(15)19-11;11-8-3-7(12)4-9(10(8)6-1-2-6)16-5-13-14-15-16/h8-9,12-14,16,32H,6-7,10-11H2,1-4H3,(H2,27,29,30,31);8-9,20H,6-7H2,1-4H3,(H,17,18,19);3-6H,1-2,12H2. The van der Waals surface area contributed by atoms with Gasteiger partial charge in [-0.3, -0.25) is 0 Å². The number of nitrogens with zero attached hydrogens (tertiary/aromatic N) is 14. The zero-order valence-electron chi connectivity index (χ0n) is 41.1. The fourth-order valence-electron chi connectivity index (χ4n) is 10.3. The molecule has 0 spiro atoms. The van der Waals surface area contributed by atoms with Crippen LogP contribution < -0.4 is 32.3 Å². The first kappa shape index (κ1) is 50.4. The number of nitrogens with two attached hydrogens (primary N) is 1. The molecule has 2 aliphatic carbocycles. The highest BCUT2D eigenvalue weighted by atomic mass is 35.5. The second-order valence-corrected chi connectivity index (χ2v) is 21.7. The molecule has 372 valence electrons. The van der Waals surface area contributed by atoms with Crippen LogP contribution in [0.4, 0.5) is 49.1 Å². The van der Waals surface area contributed by atoms with E-state index in [4.69, 9.17) is 30.5 Å². The third-order valence-corrected chi connectivity index (χ3v) is 12.7. The summed E-state index contributed by atoms with van der Waals surface area (Å²) >= 11 is 5.83. The van der Waals surface area contributed by atoms with Crippen LogP contribution in [0.2, 0.25) is 5.28 Å². The number of piperidine rings is 2. The molecule has 0 atom stereocenters. The molecule has 10 rings (SSSR count). The number of halogens is 3. The third-order valence-electron chi connectivity index (χ3n) is 12.5. The van der Waals surface area contributed by atoms with E-state index >= 15 is 4.39 Å². The Bertz CT molecular complexity index is 2900. The van der Waals surface area contributed by atoms with Crippen molar-refractivity contribution in [1.82, 2.24) is 71.0 Å². The lowest BCUT2D eigenvalue weighted by atomic mass is 9.79. The first-order chi connectivity index (χ1) is 33.6. The summed E-state index contributed by atoms with van der Waals surface area (Å²) in [5.41, 5.74) is 9.72. The van der Waals surface area contributed by atoms with Gasteiger partial charge in [-0.25, -0.2) is 47.8 Å². The van der Waals surface area contributed by atoms with Gasteiger partial charge in [0.25, 0.3) is 0 Å². The molecule has 2 aromatic carbocycles. The van der Waals surface area contributed by atoms with Crippen LogP contribution in [0.3, 0.4) is 0 Å². The number of anilines is 5. The maximum Gasteiger partial charge on any atom is 0.246 e. The molecule has 0 unspecified atom stereocenters. The molecule has 2 saturated carbocycles. The van der Waals surface area contributed by atoms with Gasteiger partial charge in [0, 0.05) is 69.1 Å². The van der Waals surface area contributed by atoms with E-state index in [1.807, 2.05) is 0 Å². The molecule has 4 aliphatic rings. The molecule has 20 nitrogen and oxygen atoms in total. The maximum atomic E-state index is 15.1. The topological polar surface area (TPSA) is 234 Å². The Morgan fingerprint density at radius 2 is 1.11 bits per heavy atom. The molecule has 0 radical (unpaired) electrons. The Balaban J connectivity index is 0.000000158. The molecule has 0 amide bonds. The van der Waals surface area contributed by atoms with Crippen LogP contribution in [-0.2, 0) is 0 Å².